The van der Waals surface area contributed by atoms with Crippen LogP contribution in [-0.4, -0.2) is 49.6 Å². The van der Waals surface area contributed by atoms with Gasteiger partial charge in [-0.25, -0.2) is 0 Å². The highest BCUT2D eigenvalue weighted by Crippen LogP contribution is 2.40. The van der Waals surface area contributed by atoms with Crippen molar-refractivity contribution in [3.63, 3.8) is 0 Å². The Morgan fingerprint density at radius 3 is 2.17 bits per heavy atom. The lowest BCUT2D eigenvalue weighted by Crippen LogP contribution is -2.31. The van der Waals surface area contributed by atoms with Gasteiger partial charge in [-0.2, -0.15) is 0 Å². The molecular formula is C28H26BrNO6. The number of hydrogen-bond acceptors (Lipinski definition) is 6. The molecule has 3 aromatic carbocycles. The van der Waals surface area contributed by atoms with E-state index in [1.165, 1.54) is 4.90 Å². The molecule has 1 aliphatic rings. The molecule has 0 radical (unpaired) electrons. The van der Waals surface area contributed by atoms with Crippen molar-refractivity contribution in [2.24, 2.45) is 0 Å². The van der Waals surface area contributed by atoms with E-state index >= 15 is 0 Å². The molecule has 1 aliphatic heterocycles. The Labute approximate surface area is 218 Å². The molecule has 1 heterocycles. The first-order chi connectivity index (χ1) is 17.4. The molecular weight excluding hydrogens is 526 g/mol. The molecule has 0 bridgehead atoms. The number of halogens is 1. The van der Waals surface area contributed by atoms with Gasteiger partial charge in [-0.3, -0.25) is 9.59 Å². The number of aliphatic hydroxyl groups excluding tert-OH is 1. The second-order valence-electron chi connectivity index (χ2n) is 8.21. The van der Waals surface area contributed by atoms with Crippen LogP contribution in [0.4, 0.5) is 0 Å². The van der Waals surface area contributed by atoms with Gasteiger partial charge in [-0.1, -0.05) is 46.3 Å². The van der Waals surface area contributed by atoms with Gasteiger partial charge in [-0.15, -0.1) is 0 Å². The number of Topliss-reactive ketones (excluding diaryl/α,β-unsaturated/α-hetero) is 1. The third kappa shape index (κ3) is 4.95. The van der Waals surface area contributed by atoms with Crippen LogP contribution in [0.3, 0.4) is 0 Å². The maximum Gasteiger partial charge on any atom is 0.295 e. The van der Waals surface area contributed by atoms with Gasteiger partial charge in [0.2, 0.25) is 0 Å². The van der Waals surface area contributed by atoms with Crippen LogP contribution in [0.5, 0.6) is 17.2 Å². The minimum Gasteiger partial charge on any atom is -0.507 e. The van der Waals surface area contributed by atoms with E-state index in [9.17, 15) is 14.7 Å². The molecule has 0 unspecified atom stereocenters. The summed E-state index contributed by atoms with van der Waals surface area (Å²) in [4.78, 5) is 27.9. The van der Waals surface area contributed by atoms with E-state index < -0.39 is 17.7 Å². The molecule has 0 aromatic heterocycles. The number of ether oxygens (including phenoxy) is 3. The topological polar surface area (TPSA) is 85.3 Å². The summed E-state index contributed by atoms with van der Waals surface area (Å²) < 4.78 is 16.8. The number of hydrogen-bond donors (Lipinski definition) is 1. The summed E-state index contributed by atoms with van der Waals surface area (Å²) in [5, 5.41) is 11.2. The van der Waals surface area contributed by atoms with Gasteiger partial charge in [0.1, 0.15) is 11.5 Å². The summed E-state index contributed by atoms with van der Waals surface area (Å²) in [6.07, 6.45) is 0.471. The van der Waals surface area contributed by atoms with Gasteiger partial charge in [0.05, 0.1) is 32.9 Å². The van der Waals surface area contributed by atoms with Crippen LogP contribution >= 0.6 is 15.9 Å². The van der Waals surface area contributed by atoms with Crippen molar-refractivity contribution in [3.8, 4) is 17.2 Å². The van der Waals surface area contributed by atoms with E-state index in [2.05, 4.69) is 15.9 Å². The highest BCUT2D eigenvalue weighted by molar-refractivity contribution is 9.10. The molecule has 0 saturated carbocycles. The van der Waals surface area contributed by atoms with E-state index in [1.54, 1.807) is 75.9 Å². The highest BCUT2D eigenvalue weighted by atomic mass is 79.9. The number of amides is 1. The zero-order valence-electron chi connectivity index (χ0n) is 20.2. The lowest BCUT2D eigenvalue weighted by molar-refractivity contribution is -0.139. The van der Waals surface area contributed by atoms with Gasteiger partial charge in [0.25, 0.3) is 11.7 Å². The zero-order chi connectivity index (χ0) is 25.8. The molecule has 1 saturated heterocycles. The van der Waals surface area contributed by atoms with Crippen LogP contribution < -0.4 is 14.2 Å². The molecule has 8 heteroatoms. The second-order valence-corrected chi connectivity index (χ2v) is 9.13. The zero-order valence-corrected chi connectivity index (χ0v) is 21.7. The number of nitrogens with zero attached hydrogens (tertiary/aromatic N) is 1. The maximum atomic E-state index is 13.2. The number of aliphatic hydroxyl groups is 1. The normalized spacial score (nSPS) is 16.8. The standard InChI is InChI=1S/C28H26BrNO6/c1-34-21-11-7-18(8-12-21)25-24(26(31)19-5-9-20(29)10-6-19)27(32)28(33)30(25)15-14-17-4-13-22(35-2)23(16-17)36-3/h4-13,16,25,31H,14-15H2,1-3H3/t25-/m0/s1. The van der Waals surface area contributed by atoms with E-state index in [1.807, 2.05) is 12.1 Å². The molecule has 0 aliphatic carbocycles. The van der Waals surface area contributed by atoms with Gasteiger partial charge in [0.15, 0.2) is 11.5 Å². The van der Waals surface area contributed by atoms with Gasteiger partial charge >= 0.3 is 0 Å². The van der Waals surface area contributed by atoms with E-state index in [0.717, 1.165) is 10.0 Å². The number of rotatable bonds is 8. The molecule has 4 rings (SSSR count). The first-order valence-electron chi connectivity index (χ1n) is 11.3. The molecule has 186 valence electrons. The van der Waals surface area contributed by atoms with Crippen molar-refractivity contribution in [1.82, 2.24) is 4.90 Å². The monoisotopic (exact) mass is 551 g/mol. The number of benzene rings is 3. The Kier molecular flexibility index (Phi) is 7.64. The van der Waals surface area contributed by atoms with Crippen molar-refractivity contribution in [2.45, 2.75) is 12.5 Å². The summed E-state index contributed by atoms with van der Waals surface area (Å²) in [5.41, 5.74) is 2.12. The first-order valence-corrected chi connectivity index (χ1v) is 12.1. The van der Waals surface area contributed by atoms with Crippen molar-refractivity contribution < 1.29 is 28.9 Å². The predicted octanol–water partition coefficient (Wildman–Crippen LogP) is 5.14. The van der Waals surface area contributed by atoms with Crippen LogP contribution in [0.1, 0.15) is 22.7 Å². The summed E-state index contributed by atoms with van der Waals surface area (Å²) >= 11 is 3.38. The Balaban J connectivity index is 1.74. The molecule has 36 heavy (non-hydrogen) atoms. The average Bonchev–Trinajstić information content (AvgIpc) is 3.16. The van der Waals surface area contributed by atoms with E-state index in [4.69, 9.17) is 14.2 Å². The Hall–Kier alpha value is -3.78. The molecule has 1 fully saturated rings. The maximum absolute atomic E-state index is 13.2. The Morgan fingerprint density at radius 1 is 0.889 bits per heavy atom. The van der Waals surface area contributed by atoms with Crippen molar-refractivity contribution >= 4 is 33.4 Å². The van der Waals surface area contributed by atoms with Crippen LogP contribution in [0.25, 0.3) is 5.76 Å². The fraction of sp³-hybridized carbons (Fsp3) is 0.214. The second kappa shape index (κ2) is 10.9. The first kappa shape index (κ1) is 25.3. The number of methoxy groups -OCH3 is 3. The molecule has 1 amide bonds. The number of carbonyl (C=O) groups is 2. The number of ketones is 1. The molecule has 1 atom stereocenters. The quantitative estimate of drug-likeness (QED) is 0.237. The Bertz CT molecular complexity index is 1300. The third-order valence-electron chi connectivity index (χ3n) is 6.18. The smallest absolute Gasteiger partial charge is 0.295 e. The number of carbonyl (C=O) groups excluding carboxylic acids is 2. The summed E-state index contributed by atoms with van der Waals surface area (Å²) in [7, 11) is 4.70. The largest absolute Gasteiger partial charge is 0.507 e. The van der Waals surface area contributed by atoms with E-state index in [-0.39, 0.29) is 17.9 Å². The van der Waals surface area contributed by atoms with Crippen LogP contribution in [0.2, 0.25) is 0 Å². The predicted molar refractivity (Wildman–Crippen MR) is 139 cm³/mol. The summed E-state index contributed by atoms with van der Waals surface area (Å²) in [6.45, 7) is 0.258. The molecule has 0 spiro atoms. The third-order valence-corrected chi connectivity index (χ3v) is 6.71. The van der Waals surface area contributed by atoms with Crippen molar-refractivity contribution in [3.05, 3.63) is 93.5 Å². The molecule has 1 N–H and O–H groups in total. The summed E-state index contributed by atoms with van der Waals surface area (Å²) in [6, 6.07) is 18.9. The van der Waals surface area contributed by atoms with Crippen molar-refractivity contribution in [1.29, 1.82) is 0 Å². The summed E-state index contributed by atoms with van der Waals surface area (Å²) in [5.74, 6) is 0.246. The van der Waals surface area contributed by atoms with Gasteiger partial charge < -0.3 is 24.2 Å². The van der Waals surface area contributed by atoms with E-state index in [0.29, 0.717) is 34.8 Å². The number of likely N-dealkylation sites (tertiary alicyclic amines) is 1. The lowest BCUT2D eigenvalue weighted by atomic mass is 9.95. The molecule has 7 nitrogen and oxygen atoms in total. The fourth-order valence-electron chi connectivity index (χ4n) is 4.29. The SMILES string of the molecule is COc1ccc([C@H]2C(=C(O)c3ccc(Br)cc3)C(=O)C(=O)N2CCc2ccc(OC)c(OC)c2)cc1. The van der Waals surface area contributed by atoms with Crippen LogP contribution in [-0.2, 0) is 16.0 Å². The fourth-order valence-corrected chi connectivity index (χ4v) is 4.56. The minimum atomic E-state index is -0.750. The Morgan fingerprint density at radius 2 is 1.56 bits per heavy atom. The van der Waals surface area contributed by atoms with Crippen LogP contribution in [0.15, 0.2) is 76.8 Å². The molecule has 3 aromatic rings. The van der Waals surface area contributed by atoms with Crippen LogP contribution in [0, 0.1) is 0 Å². The van der Waals surface area contributed by atoms with Crippen molar-refractivity contribution in [2.75, 3.05) is 27.9 Å². The van der Waals surface area contributed by atoms with Gasteiger partial charge in [-0.05, 0) is 53.9 Å². The minimum absolute atomic E-state index is 0.0554. The average molecular weight is 552 g/mol. The highest BCUT2D eigenvalue weighted by Gasteiger charge is 2.45. The van der Waals surface area contributed by atoms with Gasteiger partial charge in [0, 0.05) is 16.6 Å². The lowest BCUT2D eigenvalue weighted by Gasteiger charge is -2.25.